The maximum atomic E-state index is 6.12. The molecule has 0 radical (unpaired) electrons. The Kier molecular flexibility index (Phi) is 5.90. The lowest BCUT2D eigenvalue weighted by Crippen LogP contribution is -2.60. The smallest absolute Gasteiger partial charge is 0.0356 e. The van der Waals surface area contributed by atoms with E-state index in [4.69, 9.17) is 5.73 Å². The van der Waals surface area contributed by atoms with Crippen LogP contribution in [0.5, 0.6) is 0 Å². The van der Waals surface area contributed by atoms with E-state index in [0.717, 1.165) is 19.0 Å². The summed E-state index contributed by atoms with van der Waals surface area (Å²) in [5.41, 5.74) is 6.39. The molecule has 2 N–H and O–H groups in total. The summed E-state index contributed by atoms with van der Waals surface area (Å²) in [4.78, 5) is 5.17. The van der Waals surface area contributed by atoms with Crippen LogP contribution in [0.2, 0.25) is 0 Å². The first-order valence-electron chi connectivity index (χ1n) is 7.25. The van der Waals surface area contributed by atoms with Crippen molar-refractivity contribution in [3.63, 3.8) is 0 Å². The van der Waals surface area contributed by atoms with Crippen LogP contribution in [0.25, 0.3) is 0 Å². The molecule has 0 unspecified atom stereocenters. The second kappa shape index (κ2) is 6.72. The van der Waals surface area contributed by atoms with Crippen molar-refractivity contribution in [2.24, 2.45) is 11.7 Å². The molecule has 0 saturated carbocycles. The third-order valence-corrected chi connectivity index (χ3v) is 4.25. The standard InChI is InChI=1S/C14H31N3/c1-5-16-9-7-14(12-15,8-10-16)17(6-2)11-13(3)4/h13H,5-12,15H2,1-4H3. The van der Waals surface area contributed by atoms with Gasteiger partial charge >= 0.3 is 0 Å². The van der Waals surface area contributed by atoms with Gasteiger partial charge in [0, 0.05) is 18.6 Å². The number of likely N-dealkylation sites (N-methyl/N-ethyl adjacent to an activating group) is 1. The highest BCUT2D eigenvalue weighted by atomic mass is 15.2. The van der Waals surface area contributed by atoms with Gasteiger partial charge in [0.25, 0.3) is 0 Å². The van der Waals surface area contributed by atoms with Crippen molar-refractivity contribution >= 4 is 0 Å². The maximum absolute atomic E-state index is 6.12. The summed E-state index contributed by atoms with van der Waals surface area (Å²) in [5, 5.41) is 0. The third kappa shape index (κ3) is 3.67. The van der Waals surface area contributed by atoms with Crippen LogP contribution in [0, 0.1) is 5.92 Å². The van der Waals surface area contributed by atoms with E-state index in [-0.39, 0.29) is 5.54 Å². The normalized spacial score (nSPS) is 21.4. The molecular formula is C14H31N3. The van der Waals surface area contributed by atoms with E-state index in [9.17, 15) is 0 Å². The fourth-order valence-electron chi connectivity index (χ4n) is 3.03. The third-order valence-electron chi connectivity index (χ3n) is 4.25. The Morgan fingerprint density at radius 3 is 2.18 bits per heavy atom. The zero-order valence-electron chi connectivity index (χ0n) is 12.2. The van der Waals surface area contributed by atoms with Crippen molar-refractivity contribution in [3.05, 3.63) is 0 Å². The number of hydrogen-bond donors (Lipinski definition) is 1. The Morgan fingerprint density at radius 2 is 1.82 bits per heavy atom. The predicted molar refractivity (Wildman–Crippen MR) is 75.2 cm³/mol. The lowest BCUT2D eigenvalue weighted by Gasteiger charge is -2.48. The van der Waals surface area contributed by atoms with Crippen LogP contribution in [0.4, 0.5) is 0 Å². The lowest BCUT2D eigenvalue weighted by molar-refractivity contribution is 0.0241. The van der Waals surface area contributed by atoms with Gasteiger partial charge in [0.05, 0.1) is 0 Å². The Balaban J connectivity index is 2.67. The van der Waals surface area contributed by atoms with Crippen molar-refractivity contribution in [3.8, 4) is 0 Å². The van der Waals surface area contributed by atoms with Gasteiger partial charge in [-0.3, -0.25) is 4.90 Å². The van der Waals surface area contributed by atoms with E-state index in [0.29, 0.717) is 0 Å². The second-order valence-corrected chi connectivity index (χ2v) is 5.80. The average molecular weight is 241 g/mol. The molecule has 0 spiro atoms. The molecule has 1 heterocycles. The molecule has 1 aliphatic rings. The van der Waals surface area contributed by atoms with E-state index < -0.39 is 0 Å². The van der Waals surface area contributed by atoms with Crippen LogP contribution in [0.1, 0.15) is 40.5 Å². The van der Waals surface area contributed by atoms with Crippen molar-refractivity contribution in [1.82, 2.24) is 9.80 Å². The average Bonchev–Trinajstić information content (AvgIpc) is 2.35. The Bertz CT molecular complexity index is 208. The summed E-state index contributed by atoms with van der Waals surface area (Å²) >= 11 is 0. The topological polar surface area (TPSA) is 32.5 Å². The molecule has 0 aromatic rings. The van der Waals surface area contributed by atoms with Crippen LogP contribution in [-0.4, -0.2) is 54.6 Å². The fraction of sp³-hybridized carbons (Fsp3) is 1.00. The molecule has 1 aliphatic heterocycles. The number of hydrogen-bond acceptors (Lipinski definition) is 3. The van der Waals surface area contributed by atoms with Crippen molar-refractivity contribution in [2.45, 2.75) is 46.1 Å². The van der Waals surface area contributed by atoms with Crippen molar-refractivity contribution in [2.75, 3.05) is 39.3 Å². The summed E-state index contributed by atoms with van der Waals surface area (Å²) < 4.78 is 0. The first-order chi connectivity index (χ1) is 8.07. The van der Waals surface area contributed by atoms with E-state index >= 15 is 0 Å². The van der Waals surface area contributed by atoms with Crippen LogP contribution in [0.3, 0.4) is 0 Å². The quantitative estimate of drug-likeness (QED) is 0.769. The molecule has 1 rings (SSSR count). The second-order valence-electron chi connectivity index (χ2n) is 5.80. The number of rotatable bonds is 6. The number of piperidine rings is 1. The molecule has 0 aromatic carbocycles. The molecular weight excluding hydrogens is 210 g/mol. The van der Waals surface area contributed by atoms with Gasteiger partial charge in [-0.05, 0) is 44.9 Å². The predicted octanol–water partition coefficient (Wildman–Crippen LogP) is 1.78. The summed E-state index contributed by atoms with van der Waals surface area (Å²) in [6.07, 6.45) is 2.47. The van der Waals surface area contributed by atoms with E-state index in [1.807, 2.05) is 0 Å². The largest absolute Gasteiger partial charge is 0.329 e. The van der Waals surface area contributed by atoms with Crippen molar-refractivity contribution < 1.29 is 0 Å². The first kappa shape index (κ1) is 14.9. The number of nitrogens with two attached hydrogens (primary N) is 1. The van der Waals surface area contributed by atoms with Crippen LogP contribution in [0.15, 0.2) is 0 Å². The number of nitrogens with zero attached hydrogens (tertiary/aromatic N) is 2. The minimum absolute atomic E-state index is 0.269. The molecule has 0 aliphatic carbocycles. The van der Waals surface area contributed by atoms with E-state index in [1.165, 1.54) is 39.0 Å². The maximum Gasteiger partial charge on any atom is 0.0356 e. The summed E-state index contributed by atoms with van der Waals surface area (Å²) in [5.74, 6) is 0.725. The van der Waals surface area contributed by atoms with Gasteiger partial charge in [-0.15, -0.1) is 0 Å². The molecule has 0 amide bonds. The molecule has 1 saturated heterocycles. The summed E-state index contributed by atoms with van der Waals surface area (Å²) in [6.45, 7) is 15.8. The Labute approximate surface area is 107 Å². The molecule has 102 valence electrons. The van der Waals surface area contributed by atoms with Gasteiger partial charge in [0.15, 0.2) is 0 Å². The lowest BCUT2D eigenvalue weighted by atomic mass is 9.85. The molecule has 0 atom stereocenters. The van der Waals surface area contributed by atoms with E-state index in [1.54, 1.807) is 0 Å². The molecule has 17 heavy (non-hydrogen) atoms. The van der Waals surface area contributed by atoms with Gasteiger partial charge in [-0.2, -0.15) is 0 Å². The fourth-order valence-corrected chi connectivity index (χ4v) is 3.03. The van der Waals surface area contributed by atoms with Crippen LogP contribution >= 0.6 is 0 Å². The molecule has 0 aromatic heterocycles. The Hall–Kier alpha value is -0.120. The minimum atomic E-state index is 0.269. The van der Waals surface area contributed by atoms with Gasteiger partial charge in [-0.25, -0.2) is 0 Å². The van der Waals surface area contributed by atoms with Gasteiger partial charge in [0.2, 0.25) is 0 Å². The highest BCUT2D eigenvalue weighted by Crippen LogP contribution is 2.28. The van der Waals surface area contributed by atoms with Gasteiger partial charge in [-0.1, -0.05) is 27.7 Å². The number of likely N-dealkylation sites (tertiary alicyclic amines) is 1. The first-order valence-corrected chi connectivity index (χ1v) is 7.25. The van der Waals surface area contributed by atoms with Crippen molar-refractivity contribution in [1.29, 1.82) is 0 Å². The van der Waals surface area contributed by atoms with Crippen LogP contribution in [-0.2, 0) is 0 Å². The zero-order valence-corrected chi connectivity index (χ0v) is 12.2. The highest BCUT2D eigenvalue weighted by molar-refractivity contribution is 4.96. The summed E-state index contributed by atoms with van der Waals surface area (Å²) in [7, 11) is 0. The van der Waals surface area contributed by atoms with Gasteiger partial charge < -0.3 is 10.6 Å². The monoisotopic (exact) mass is 241 g/mol. The van der Waals surface area contributed by atoms with E-state index in [2.05, 4.69) is 37.5 Å². The Morgan fingerprint density at radius 1 is 1.24 bits per heavy atom. The minimum Gasteiger partial charge on any atom is -0.329 e. The molecule has 3 nitrogen and oxygen atoms in total. The molecule has 0 bridgehead atoms. The molecule has 1 fully saturated rings. The zero-order chi connectivity index (χ0) is 12.9. The summed E-state index contributed by atoms with van der Waals surface area (Å²) in [6, 6.07) is 0. The van der Waals surface area contributed by atoms with Crippen LogP contribution < -0.4 is 5.73 Å². The van der Waals surface area contributed by atoms with Gasteiger partial charge in [0.1, 0.15) is 0 Å². The highest BCUT2D eigenvalue weighted by Gasteiger charge is 2.37. The SMILES string of the molecule is CCN1CCC(CN)(N(CC)CC(C)C)CC1. The molecule has 3 heteroatoms.